The molecule has 0 unspecified atom stereocenters. The van der Waals surface area contributed by atoms with Gasteiger partial charge in [0.2, 0.25) is 0 Å². The molecule has 0 radical (unpaired) electrons. The predicted molar refractivity (Wildman–Crippen MR) is 159 cm³/mol. The summed E-state index contributed by atoms with van der Waals surface area (Å²) in [7, 11) is 1.70. The molecule has 2 aliphatic rings. The van der Waals surface area contributed by atoms with Gasteiger partial charge in [-0.3, -0.25) is 4.98 Å². The van der Waals surface area contributed by atoms with Crippen LogP contribution in [-0.4, -0.2) is 48.1 Å². The summed E-state index contributed by atoms with van der Waals surface area (Å²) in [6.45, 7) is 7.75. The van der Waals surface area contributed by atoms with Gasteiger partial charge in [0, 0.05) is 42.0 Å². The van der Waals surface area contributed by atoms with E-state index in [1.807, 2.05) is 36.5 Å². The summed E-state index contributed by atoms with van der Waals surface area (Å²) < 4.78 is 13.6. The SMILES string of the molecule is COc1ccccc1N1C(=S)N[C@@H](c2ccccn2)[C@H]1c1cc(C)n(-c2ccc(N3CCOCC3)cc2)c1C. The maximum Gasteiger partial charge on any atom is 0.174 e. The van der Waals surface area contributed by atoms with E-state index >= 15 is 0 Å². The van der Waals surface area contributed by atoms with Crippen molar-refractivity contribution in [2.45, 2.75) is 25.9 Å². The van der Waals surface area contributed by atoms with E-state index < -0.39 is 0 Å². The summed E-state index contributed by atoms with van der Waals surface area (Å²) in [6.07, 6.45) is 1.84. The van der Waals surface area contributed by atoms with Gasteiger partial charge in [0.05, 0.1) is 43.8 Å². The minimum absolute atomic E-state index is 0.115. The first kappa shape index (κ1) is 25.4. The van der Waals surface area contributed by atoms with Crippen LogP contribution >= 0.6 is 12.2 Å². The number of pyridine rings is 1. The van der Waals surface area contributed by atoms with Crippen molar-refractivity contribution in [3.8, 4) is 11.4 Å². The van der Waals surface area contributed by atoms with Crippen LogP contribution in [0.3, 0.4) is 0 Å². The minimum Gasteiger partial charge on any atom is -0.495 e. The number of benzene rings is 2. The van der Waals surface area contributed by atoms with Gasteiger partial charge in [-0.1, -0.05) is 18.2 Å². The van der Waals surface area contributed by atoms with E-state index in [9.17, 15) is 0 Å². The second kappa shape index (κ2) is 10.7. The number of hydrogen-bond donors (Lipinski definition) is 1. The summed E-state index contributed by atoms with van der Waals surface area (Å²) in [5.74, 6) is 0.779. The van der Waals surface area contributed by atoms with Gasteiger partial charge in [-0.05, 0) is 86.2 Å². The Hall–Kier alpha value is -3.88. The van der Waals surface area contributed by atoms with E-state index in [0.29, 0.717) is 5.11 Å². The molecule has 0 bridgehead atoms. The average Bonchev–Trinajstić information content (AvgIpc) is 3.48. The molecule has 39 heavy (non-hydrogen) atoms. The van der Waals surface area contributed by atoms with Crippen molar-refractivity contribution in [2.24, 2.45) is 0 Å². The normalized spacial score (nSPS) is 19.3. The van der Waals surface area contributed by atoms with E-state index in [-0.39, 0.29) is 12.1 Å². The van der Waals surface area contributed by atoms with Gasteiger partial charge >= 0.3 is 0 Å². The van der Waals surface area contributed by atoms with Crippen molar-refractivity contribution < 1.29 is 9.47 Å². The minimum atomic E-state index is -0.124. The zero-order valence-corrected chi connectivity index (χ0v) is 23.3. The smallest absolute Gasteiger partial charge is 0.174 e. The van der Waals surface area contributed by atoms with E-state index in [4.69, 9.17) is 26.7 Å². The Bertz CT molecular complexity index is 1460. The molecule has 0 saturated carbocycles. The first-order chi connectivity index (χ1) is 19.1. The molecule has 2 atom stereocenters. The number of ether oxygens (including phenoxy) is 2. The third kappa shape index (κ3) is 4.64. The van der Waals surface area contributed by atoms with Crippen LogP contribution in [0, 0.1) is 13.8 Å². The summed E-state index contributed by atoms with van der Waals surface area (Å²) >= 11 is 5.95. The molecule has 6 rings (SSSR count). The van der Waals surface area contributed by atoms with Crippen LogP contribution in [-0.2, 0) is 4.74 Å². The number of morpholine rings is 1. The van der Waals surface area contributed by atoms with Crippen LogP contribution in [0.2, 0.25) is 0 Å². The Morgan fingerprint density at radius 3 is 2.38 bits per heavy atom. The second-order valence-corrected chi connectivity index (χ2v) is 10.3. The lowest BCUT2D eigenvalue weighted by atomic mass is 9.96. The Morgan fingerprint density at radius 1 is 0.949 bits per heavy atom. The number of hydrogen-bond acceptors (Lipinski definition) is 5. The summed E-state index contributed by atoms with van der Waals surface area (Å²) in [5, 5.41) is 4.23. The molecule has 0 amide bonds. The van der Waals surface area contributed by atoms with Crippen LogP contribution in [0.4, 0.5) is 11.4 Å². The number of nitrogens with one attached hydrogen (secondary N) is 1. The van der Waals surface area contributed by atoms with E-state index in [1.165, 1.54) is 22.6 Å². The van der Waals surface area contributed by atoms with E-state index in [0.717, 1.165) is 49.1 Å². The van der Waals surface area contributed by atoms with Crippen molar-refractivity contribution in [3.05, 3.63) is 102 Å². The van der Waals surface area contributed by atoms with Gasteiger partial charge in [0.1, 0.15) is 5.75 Å². The zero-order valence-electron chi connectivity index (χ0n) is 22.5. The van der Waals surface area contributed by atoms with Crippen LogP contribution in [0.25, 0.3) is 5.69 Å². The molecule has 2 aromatic carbocycles. The monoisotopic (exact) mass is 539 g/mol. The third-order valence-corrected chi connectivity index (χ3v) is 8.03. The molecule has 8 heteroatoms. The number of para-hydroxylation sites is 2. The average molecular weight is 540 g/mol. The van der Waals surface area contributed by atoms with Gasteiger partial charge in [-0.25, -0.2) is 0 Å². The fourth-order valence-corrected chi connectivity index (χ4v) is 6.22. The number of methoxy groups -OCH3 is 1. The number of nitrogens with zero attached hydrogens (tertiary/aromatic N) is 4. The van der Waals surface area contributed by atoms with E-state index in [2.05, 4.69) is 76.0 Å². The lowest BCUT2D eigenvalue weighted by Crippen LogP contribution is -2.36. The Balaban J connectivity index is 1.43. The zero-order chi connectivity index (χ0) is 26.9. The highest BCUT2D eigenvalue weighted by atomic mass is 32.1. The standard InChI is InChI=1S/C31H33N5O2S/c1-21-20-25(22(2)35(21)24-13-11-23(12-14-24)34-16-18-38-19-17-34)30-29(26-8-6-7-15-32-26)33-31(39)36(30)27-9-4-5-10-28(27)37-3/h4-15,20,29-30H,16-19H2,1-3H3,(H,33,39)/t29-,30+/m0/s1. The van der Waals surface area contributed by atoms with Gasteiger partial charge in [0.25, 0.3) is 0 Å². The molecule has 0 spiro atoms. The van der Waals surface area contributed by atoms with Crippen LogP contribution < -0.4 is 19.9 Å². The quantitative estimate of drug-likeness (QED) is 0.324. The van der Waals surface area contributed by atoms with Crippen LogP contribution in [0.5, 0.6) is 5.75 Å². The number of aromatic nitrogens is 2. The Labute approximate surface area is 235 Å². The highest BCUT2D eigenvalue weighted by Crippen LogP contribution is 2.46. The largest absolute Gasteiger partial charge is 0.495 e. The molecule has 4 aromatic rings. The first-order valence-corrected chi connectivity index (χ1v) is 13.7. The van der Waals surface area contributed by atoms with Gasteiger partial charge in [-0.2, -0.15) is 0 Å². The number of anilines is 2. The lowest BCUT2D eigenvalue weighted by Gasteiger charge is -2.29. The fourth-order valence-electron chi connectivity index (χ4n) is 5.88. The topological polar surface area (TPSA) is 54.8 Å². The molecule has 2 saturated heterocycles. The molecule has 0 aliphatic carbocycles. The fraction of sp³-hybridized carbons (Fsp3) is 0.290. The first-order valence-electron chi connectivity index (χ1n) is 13.3. The highest BCUT2D eigenvalue weighted by molar-refractivity contribution is 7.80. The van der Waals surface area contributed by atoms with Gasteiger partial charge < -0.3 is 29.2 Å². The molecule has 2 aromatic heterocycles. The lowest BCUT2D eigenvalue weighted by molar-refractivity contribution is 0.122. The highest BCUT2D eigenvalue weighted by Gasteiger charge is 2.43. The Morgan fingerprint density at radius 2 is 1.67 bits per heavy atom. The predicted octanol–water partition coefficient (Wildman–Crippen LogP) is 5.51. The summed E-state index contributed by atoms with van der Waals surface area (Å²) in [6, 6.07) is 24.9. The molecule has 200 valence electrons. The maximum absolute atomic E-state index is 5.95. The summed E-state index contributed by atoms with van der Waals surface area (Å²) in [4.78, 5) is 9.27. The van der Waals surface area contributed by atoms with Crippen molar-refractivity contribution in [2.75, 3.05) is 43.2 Å². The molecule has 2 fully saturated rings. The number of rotatable bonds is 6. The molecule has 7 nitrogen and oxygen atoms in total. The molecule has 2 aliphatic heterocycles. The van der Waals surface area contributed by atoms with Gasteiger partial charge in [0.15, 0.2) is 5.11 Å². The van der Waals surface area contributed by atoms with Crippen LogP contribution in [0.1, 0.15) is 34.7 Å². The van der Waals surface area contributed by atoms with Crippen molar-refractivity contribution in [3.63, 3.8) is 0 Å². The molecular weight excluding hydrogens is 506 g/mol. The van der Waals surface area contributed by atoms with Crippen molar-refractivity contribution in [1.29, 1.82) is 0 Å². The number of thiocarbonyl (C=S) groups is 1. The molecule has 1 N–H and O–H groups in total. The summed E-state index contributed by atoms with van der Waals surface area (Å²) in [5.41, 5.74) is 7.77. The van der Waals surface area contributed by atoms with Crippen LogP contribution in [0.15, 0.2) is 79.0 Å². The number of aryl methyl sites for hydroxylation is 1. The van der Waals surface area contributed by atoms with Crippen molar-refractivity contribution in [1.82, 2.24) is 14.9 Å². The van der Waals surface area contributed by atoms with Crippen molar-refractivity contribution >= 4 is 28.7 Å². The van der Waals surface area contributed by atoms with Gasteiger partial charge in [-0.15, -0.1) is 0 Å². The maximum atomic E-state index is 5.95. The van der Waals surface area contributed by atoms with E-state index in [1.54, 1.807) is 7.11 Å². The second-order valence-electron chi connectivity index (χ2n) is 9.95. The molecular formula is C31H33N5O2S. The Kier molecular flexibility index (Phi) is 6.97. The third-order valence-electron chi connectivity index (χ3n) is 7.72. The molecule has 4 heterocycles.